The lowest BCUT2D eigenvalue weighted by atomic mass is 9.80. The van der Waals surface area contributed by atoms with Gasteiger partial charge < -0.3 is 14.5 Å². The molecule has 1 amide bonds. The summed E-state index contributed by atoms with van der Waals surface area (Å²) in [5.74, 6) is -2.09. The van der Waals surface area contributed by atoms with Gasteiger partial charge in [-0.25, -0.2) is 0 Å². The first kappa shape index (κ1) is 21.9. The number of benzene rings is 1. The average molecular weight is 412 g/mol. The van der Waals surface area contributed by atoms with E-state index in [9.17, 15) is 18.0 Å². The summed E-state index contributed by atoms with van der Waals surface area (Å²) in [7, 11) is 3.92. The molecule has 0 N–H and O–H groups in total. The Bertz CT molecular complexity index is 670. The summed E-state index contributed by atoms with van der Waals surface area (Å²) < 4.78 is 45.3. The molecule has 0 bridgehead atoms. The van der Waals surface area contributed by atoms with Crippen LogP contribution in [0.15, 0.2) is 24.3 Å². The summed E-state index contributed by atoms with van der Waals surface area (Å²) in [5, 5.41) is 0. The van der Waals surface area contributed by atoms with E-state index in [0.717, 1.165) is 24.1 Å². The lowest BCUT2D eigenvalue weighted by molar-refractivity contribution is -0.187. The maximum Gasteiger partial charge on any atom is 0.391 e. The van der Waals surface area contributed by atoms with E-state index in [1.54, 1.807) is 4.90 Å². The van der Waals surface area contributed by atoms with Crippen LogP contribution in [0.2, 0.25) is 0 Å². The van der Waals surface area contributed by atoms with E-state index in [-0.39, 0.29) is 24.9 Å². The normalized spacial score (nSPS) is 25.1. The largest absolute Gasteiger partial charge is 0.391 e. The number of nitrogens with zero attached hydrogens (tertiary/aromatic N) is 2. The van der Waals surface area contributed by atoms with Crippen molar-refractivity contribution in [2.45, 2.75) is 57.3 Å². The van der Waals surface area contributed by atoms with Gasteiger partial charge in [-0.15, -0.1) is 0 Å². The molecule has 1 saturated heterocycles. The van der Waals surface area contributed by atoms with Gasteiger partial charge >= 0.3 is 6.18 Å². The number of carbonyl (C=O) groups excluding carboxylic acids is 1. The van der Waals surface area contributed by atoms with E-state index in [2.05, 4.69) is 0 Å². The van der Waals surface area contributed by atoms with Crippen LogP contribution >= 0.6 is 0 Å². The first-order valence-electron chi connectivity index (χ1n) is 10.5. The number of hydrogen-bond donors (Lipinski definition) is 0. The van der Waals surface area contributed by atoms with E-state index >= 15 is 0 Å². The van der Waals surface area contributed by atoms with Crippen molar-refractivity contribution in [3.63, 3.8) is 0 Å². The van der Waals surface area contributed by atoms with E-state index in [1.807, 2.05) is 43.3 Å². The molecule has 1 aromatic carbocycles. The predicted molar refractivity (Wildman–Crippen MR) is 107 cm³/mol. The molecule has 2 fully saturated rings. The number of carbonyl (C=O) groups is 1. The lowest BCUT2D eigenvalue weighted by Crippen LogP contribution is -2.43. The fourth-order valence-electron chi connectivity index (χ4n) is 4.36. The van der Waals surface area contributed by atoms with Gasteiger partial charge in [0.05, 0.1) is 12.0 Å². The first-order valence-corrected chi connectivity index (χ1v) is 10.5. The Morgan fingerprint density at radius 3 is 2.41 bits per heavy atom. The van der Waals surface area contributed by atoms with E-state index < -0.39 is 18.0 Å². The van der Waals surface area contributed by atoms with Crippen LogP contribution in [0.1, 0.15) is 44.1 Å². The summed E-state index contributed by atoms with van der Waals surface area (Å²) in [4.78, 5) is 17.0. The van der Waals surface area contributed by atoms with E-state index in [1.165, 1.54) is 0 Å². The smallest absolute Gasteiger partial charge is 0.378 e. The van der Waals surface area contributed by atoms with Crippen LogP contribution < -0.4 is 4.90 Å². The third kappa shape index (κ3) is 5.87. The molecule has 162 valence electrons. The molecule has 1 aromatic rings. The average Bonchev–Trinajstić information content (AvgIpc) is 3.20. The second-order valence-electron chi connectivity index (χ2n) is 8.52. The zero-order chi connectivity index (χ0) is 21.0. The molecule has 3 unspecified atom stereocenters. The molecule has 2 aliphatic rings. The number of halogens is 3. The van der Waals surface area contributed by atoms with Crippen molar-refractivity contribution in [3.8, 4) is 0 Å². The first-order chi connectivity index (χ1) is 13.7. The summed E-state index contributed by atoms with van der Waals surface area (Å²) in [5.41, 5.74) is 2.04. The minimum Gasteiger partial charge on any atom is -0.378 e. The van der Waals surface area contributed by atoms with Crippen LogP contribution in [0.4, 0.5) is 18.9 Å². The number of alkyl halides is 3. The highest BCUT2D eigenvalue weighted by Crippen LogP contribution is 2.40. The summed E-state index contributed by atoms with van der Waals surface area (Å²) in [6.07, 6.45) is -1.38. The Labute approximate surface area is 171 Å². The van der Waals surface area contributed by atoms with Gasteiger partial charge in [-0.2, -0.15) is 13.2 Å². The highest BCUT2D eigenvalue weighted by molar-refractivity contribution is 5.79. The van der Waals surface area contributed by atoms with Gasteiger partial charge in [0.15, 0.2) is 0 Å². The highest BCUT2D eigenvalue weighted by atomic mass is 19.4. The maximum atomic E-state index is 13.2. The molecule has 3 rings (SSSR count). The topological polar surface area (TPSA) is 32.8 Å². The maximum absolute atomic E-state index is 13.2. The second kappa shape index (κ2) is 9.37. The molecule has 1 aliphatic heterocycles. The Balaban J connectivity index is 1.72. The number of anilines is 1. The lowest BCUT2D eigenvalue weighted by Gasteiger charge is -2.34. The minimum atomic E-state index is -4.22. The standard InChI is InChI=1S/C22H31F3N2O2/c1-26(2)19-10-8-16(9-11-19)14-27(15-20-7-4-12-29-20)21(28)17-5-3-6-18(13-17)22(23,24)25/h8-11,17-18,20H,3-7,12-15H2,1-2H3. The van der Waals surface area contributed by atoms with Crippen LogP contribution in [0.5, 0.6) is 0 Å². The van der Waals surface area contributed by atoms with Gasteiger partial charge in [0.25, 0.3) is 0 Å². The number of hydrogen-bond acceptors (Lipinski definition) is 3. The van der Waals surface area contributed by atoms with E-state index in [4.69, 9.17) is 4.74 Å². The molecule has 7 heteroatoms. The van der Waals surface area contributed by atoms with Crippen molar-refractivity contribution < 1.29 is 22.7 Å². The van der Waals surface area contributed by atoms with Gasteiger partial charge in [-0.1, -0.05) is 18.6 Å². The van der Waals surface area contributed by atoms with Crippen LogP contribution in [0.25, 0.3) is 0 Å². The molecule has 0 spiro atoms. The molecule has 1 saturated carbocycles. The molecule has 0 aromatic heterocycles. The van der Waals surface area contributed by atoms with Crippen molar-refractivity contribution >= 4 is 11.6 Å². The van der Waals surface area contributed by atoms with Gasteiger partial charge in [-0.05, 0) is 49.8 Å². The van der Waals surface area contributed by atoms with Gasteiger partial charge in [-0.3, -0.25) is 4.79 Å². The fraction of sp³-hybridized carbons (Fsp3) is 0.682. The second-order valence-corrected chi connectivity index (χ2v) is 8.52. The van der Waals surface area contributed by atoms with Gasteiger partial charge in [0.2, 0.25) is 5.91 Å². The van der Waals surface area contributed by atoms with Crippen molar-refractivity contribution in [3.05, 3.63) is 29.8 Å². The third-order valence-electron chi connectivity index (χ3n) is 6.07. The number of rotatable bonds is 6. The Morgan fingerprint density at radius 1 is 1.10 bits per heavy atom. The van der Waals surface area contributed by atoms with Crippen molar-refractivity contribution in [2.24, 2.45) is 11.8 Å². The minimum absolute atomic E-state index is 0.0259. The fourth-order valence-corrected chi connectivity index (χ4v) is 4.36. The summed E-state index contributed by atoms with van der Waals surface area (Å²) >= 11 is 0. The van der Waals surface area contributed by atoms with Crippen molar-refractivity contribution in [1.82, 2.24) is 4.90 Å². The third-order valence-corrected chi connectivity index (χ3v) is 6.07. The molecule has 1 aliphatic carbocycles. The van der Waals surface area contributed by atoms with Crippen LogP contribution in [-0.2, 0) is 16.1 Å². The van der Waals surface area contributed by atoms with Crippen molar-refractivity contribution in [2.75, 3.05) is 32.1 Å². The molecule has 0 radical (unpaired) electrons. The monoisotopic (exact) mass is 412 g/mol. The SMILES string of the molecule is CN(C)c1ccc(CN(CC2CCCO2)C(=O)C2CCCC(C(F)(F)F)C2)cc1. The van der Waals surface area contributed by atoms with Crippen molar-refractivity contribution in [1.29, 1.82) is 0 Å². The molecular weight excluding hydrogens is 381 g/mol. The number of amides is 1. The van der Waals surface area contributed by atoms with Crippen LogP contribution in [0.3, 0.4) is 0 Å². The van der Waals surface area contributed by atoms with Crippen LogP contribution in [-0.4, -0.2) is 50.3 Å². The van der Waals surface area contributed by atoms with Crippen LogP contribution in [0, 0.1) is 11.8 Å². The van der Waals surface area contributed by atoms with E-state index in [0.29, 0.717) is 32.5 Å². The van der Waals surface area contributed by atoms with Gasteiger partial charge in [0, 0.05) is 45.4 Å². The summed E-state index contributed by atoms with van der Waals surface area (Å²) in [6.45, 7) is 1.53. The molecule has 29 heavy (non-hydrogen) atoms. The zero-order valence-electron chi connectivity index (χ0n) is 17.3. The Hall–Kier alpha value is -1.76. The highest BCUT2D eigenvalue weighted by Gasteiger charge is 2.44. The zero-order valence-corrected chi connectivity index (χ0v) is 17.3. The van der Waals surface area contributed by atoms with Gasteiger partial charge in [0.1, 0.15) is 0 Å². The predicted octanol–water partition coefficient (Wildman–Crippen LogP) is 4.63. The Morgan fingerprint density at radius 2 is 1.83 bits per heavy atom. The molecule has 3 atom stereocenters. The Kier molecular flexibility index (Phi) is 7.09. The number of ether oxygens (including phenoxy) is 1. The molecule has 4 nitrogen and oxygen atoms in total. The summed E-state index contributed by atoms with van der Waals surface area (Å²) in [6, 6.07) is 7.93. The quantitative estimate of drug-likeness (QED) is 0.683. The molecular formula is C22H31F3N2O2. The molecule has 1 heterocycles.